The Morgan fingerprint density at radius 1 is 1.33 bits per heavy atom. The standard InChI is InChI=1S/C19H22N4O4/c1-3-10-20-16(25)13-6-4-5-7-14(13)21-15(24)11-23-17(26)19(2,12-8-9-12)22-18(23)27/h3-7,12H,1,8-11H2,2H3,(H,20,25)(H,21,24)(H,22,27). The summed E-state index contributed by atoms with van der Waals surface area (Å²) in [6.07, 6.45) is 3.32. The van der Waals surface area contributed by atoms with E-state index in [1.165, 1.54) is 0 Å². The fourth-order valence-corrected chi connectivity index (χ4v) is 3.18. The van der Waals surface area contributed by atoms with E-state index in [-0.39, 0.29) is 23.3 Å². The molecule has 2 fully saturated rings. The first-order valence-corrected chi connectivity index (χ1v) is 8.79. The van der Waals surface area contributed by atoms with Crippen LogP contribution < -0.4 is 16.0 Å². The van der Waals surface area contributed by atoms with Crippen molar-refractivity contribution in [2.75, 3.05) is 18.4 Å². The summed E-state index contributed by atoms with van der Waals surface area (Å²) in [4.78, 5) is 50.3. The largest absolute Gasteiger partial charge is 0.349 e. The van der Waals surface area contributed by atoms with Crippen LogP contribution in [0.5, 0.6) is 0 Å². The molecule has 1 aliphatic heterocycles. The van der Waals surface area contributed by atoms with Crippen molar-refractivity contribution in [2.45, 2.75) is 25.3 Å². The zero-order valence-electron chi connectivity index (χ0n) is 15.1. The third-order valence-corrected chi connectivity index (χ3v) is 4.85. The molecule has 1 aliphatic carbocycles. The summed E-state index contributed by atoms with van der Waals surface area (Å²) in [5, 5.41) is 7.95. The Labute approximate surface area is 157 Å². The quantitative estimate of drug-likeness (QED) is 0.496. The number of benzene rings is 1. The van der Waals surface area contributed by atoms with E-state index in [1.807, 2.05) is 0 Å². The Kier molecular flexibility index (Phi) is 4.98. The van der Waals surface area contributed by atoms with Gasteiger partial charge in [-0.2, -0.15) is 0 Å². The molecule has 0 spiro atoms. The molecule has 3 N–H and O–H groups in total. The van der Waals surface area contributed by atoms with Gasteiger partial charge in [0.1, 0.15) is 12.1 Å². The molecule has 5 amide bonds. The number of urea groups is 1. The van der Waals surface area contributed by atoms with Gasteiger partial charge in [-0.1, -0.05) is 18.2 Å². The van der Waals surface area contributed by atoms with E-state index in [1.54, 1.807) is 37.3 Å². The summed E-state index contributed by atoms with van der Waals surface area (Å²) in [5.41, 5.74) is -0.339. The van der Waals surface area contributed by atoms with Gasteiger partial charge < -0.3 is 16.0 Å². The van der Waals surface area contributed by atoms with E-state index in [0.717, 1.165) is 17.7 Å². The molecule has 1 heterocycles. The Morgan fingerprint density at radius 2 is 2.04 bits per heavy atom. The van der Waals surface area contributed by atoms with Crippen LogP contribution in [-0.2, 0) is 9.59 Å². The van der Waals surface area contributed by atoms with Crippen LogP contribution in [0.15, 0.2) is 36.9 Å². The van der Waals surface area contributed by atoms with Gasteiger partial charge in [-0.15, -0.1) is 6.58 Å². The van der Waals surface area contributed by atoms with Crippen LogP contribution in [-0.4, -0.2) is 47.3 Å². The highest BCUT2D eigenvalue weighted by atomic mass is 16.2. The predicted molar refractivity (Wildman–Crippen MR) is 99.0 cm³/mol. The third-order valence-electron chi connectivity index (χ3n) is 4.85. The molecule has 0 aromatic heterocycles. The van der Waals surface area contributed by atoms with Gasteiger partial charge in [-0.25, -0.2) is 4.79 Å². The number of hydrogen-bond donors (Lipinski definition) is 3. The topological polar surface area (TPSA) is 108 Å². The van der Waals surface area contributed by atoms with Crippen LogP contribution in [0.3, 0.4) is 0 Å². The summed E-state index contributed by atoms with van der Waals surface area (Å²) in [6.45, 7) is 5.12. The summed E-state index contributed by atoms with van der Waals surface area (Å²) >= 11 is 0. The van der Waals surface area contributed by atoms with Crippen LogP contribution in [0.1, 0.15) is 30.1 Å². The van der Waals surface area contributed by atoms with E-state index in [9.17, 15) is 19.2 Å². The van der Waals surface area contributed by atoms with E-state index in [0.29, 0.717) is 12.2 Å². The summed E-state index contributed by atoms with van der Waals surface area (Å²) in [6, 6.07) is 5.95. The summed E-state index contributed by atoms with van der Waals surface area (Å²) < 4.78 is 0. The second kappa shape index (κ2) is 7.22. The molecule has 1 aromatic rings. The van der Waals surface area contributed by atoms with Crippen molar-refractivity contribution in [3.8, 4) is 0 Å². The Hall–Kier alpha value is -3.16. The maximum absolute atomic E-state index is 12.6. The highest BCUT2D eigenvalue weighted by Gasteiger charge is 2.56. The van der Waals surface area contributed by atoms with Gasteiger partial charge in [-0.3, -0.25) is 19.3 Å². The lowest BCUT2D eigenvalue weighted by Crippen LogP contribution is -2.46. The molecule has 3 rings (SSSR count). The van der Waals surface area contributed by atoms with E-state index in [2.05, 4.69) is 22.5 Å². The van der Waals surface area contributed by atoms with Crippen molar-refractivity contribution >= 4 is 29.4 Å². The molecule has 8 heteroatoms. The molecule has 0 radical (unpaired) electrons. The second-order valence-electron chi connectivity index (χ2n) is 6.89. The normalized spacial score (nSPS) is 21.6. The van der Waals surface area contributed by atoms with Crippen molar-refractivity contribution in [1.29, 1.82) is 0 Å². The second-order valence-corrected chi connectivity index (χ2v) is 6.89. The Morgan fingerprint density at radius 3 is 2.70 bits per heavy atom. The van der Waals surface area contributed by atoms with Gasteiger partial charge in [0.25, 0.3) is 11.8 Å². The molecular weight excluding hydrogens is 348 g/mol. The molecular formula is C19H22N4O4. The molecule has 1 aromatic carbocycles. The average molecular weight is 370 g/mol. The predicted octanol–water partition coefficient (Wildman–Crippen LogP) is 1.26. The molecule has 0 bridgehead atoms. The lowest BCUT2D eigenvalue weighted by molar-refractivity contribution is -0.134. The van der Waals surface area contributed by atoms with Crippen molar-refractivity contribution < 1.29 is 19.2 Å². The first-order chi connectivity index (χ1) is 12.9. The number of nitrogens with zero attached hydrogens (tertiary/aromatic N) is 1. The monoisotopic (exact) mass is 370 g/mol. The minimum absolute atomic E-state index is 0.122. The highest BCUT2D eigenvalue weighted by Crippen LogP contribution is 2.42. The molecule has 27 heavy (non-hydrogen) atoms. The van der Waals surface area contributed by atoms with Crippen LogP contribution in [0, 0.1) is 5.92 Å². The van der Waals surface area contributed by atoms with Crippen molar-refractivity contribution in [3.05, 3.63) is 42.5 Å². The maximum atomic E-state index is 12.6. The van der Waals surface area contributed by atoms with Gasteiger partial charge in [0.15, 0.2) is 0 Å². The molecule has 142 valence electrons. The van der Waals surface area contributed by atoms with Crippen molar-refractivity contribution in [2.24, 2.45) is 5.92 Å². The lowest BCUT2D eigenvalue weighted by atomic mass is 9.96. The zero-order valence-corrected chi connectivity index (χ0v) is 15.1. The lowest BCUT2D eigenvalue weighted by Gasteiger charge is -2.20. The number of carbonyl (C=O) groups is 4. The minimum Gasteiger partial charge on any atom is -0.349 e. The Balaban J connectivity index is 1.68. The molecule has 1 saturated carbocycles. The van der Waals surface area contributed by atoms with Crippen molar-refractivity contribution in [3.63, 3.8) is 0 Å². The fraction of sp³-hybridized carbons (Fsp3) is 0.368. The Bertz CT molecular complexity index is 818. The highest BCUT2D eigenvalue weighted by molar-refractivity contribution is 6.11. The average Bonchev–Trinajstić information content (AvgIpc) is 3.46. The number of amides is 5. The molecule has 1 atom stereocenters. The SMILES string of the molecule is C=CCNC(=O)c1ccccc1NC(=O)CN1C(=O)NC(C)(C2CC2)C1=O. The molecule has 1 saturated heterocycles. The number of anilines is 1. The number of carbonyl (C=O) groups excluding carboxylic acids is 4. The van der Waals surface area contributed by atoms with Gasteiger partial charge in [0.2, 0.25) is 5.91 Å². The number of rotatable bonds is 7. The van der Waals surface area contributed by atoms with Crippen LogP contribution >= 0.6 is 0 Å². The smallest absolute Gasteiger partial charge is 0.325 e. The third kappa shape index (κ3) is 3.69. The van der Waals surface area contributed by atoms with E-state index in [4.69, 9.17) is 0 Å². The first-order valence-electron chi connectivity index (χ1n) is 8.79. The van der Waals surface area contributed by atoms with Crippen LogP contribution in [0.2, 0.25) is 0 Å². The summed E-state index contributed by atoms with van der Waals surface area (Å²) in [7, 11) is 0. The van der Waals surface area contributed by atoms with Gasteiger partial charge in [0.05, 0.1) is 11.3 Å². The van der Waals surface area contributed by atoms with Gasteiger partial charge in [-0.05, 0) is 37.8 Å². The van der Waals surface area contributed by atoms with E-state index >= 15 is 0 Å². The van der Waals surface area contributed by atoms with Crippen LogP contribution in [0.25, 0.3) is 0 Å². The number of para-hydroxylation sites is 1. The number of hydrogen-bond acceptors (Lipinski definition) is 4. The van der Waals surface area contributed by atoms with Crippen molar-refractivity contribution in [1.82, 2.24) is 15.5 Å². The number of nitrogens with one attached hydrogen (secondary N) is 3. The zero-order chi connectivity index (χ0) is 19.6. The van der Waals surface area contributed by atoms with Gasteiger partial charge in [0, 0.05) is 6.54 Å². The number of imide groups is 1. The first kappa shape index (κ1) is 18.6. The molecule has 2 aliphatic rings. The summed E-state index contributed by atoms with van der Waals surface area (Å²) in [5.74, 6) is -1.18. The molecule has 8 nitrogen and oxygen atoms in total. The fourth-order valence-electron chi connectivity index (χ4n) is 3.18. The molecule has 1 unspecified atom stereocenters. The van der Waals surface area contributed by atoms with Gasteiger partial charge >= 0.3 is 6.03 Å². The maximum Gasteiger partial charge on any atom is 0.325 e. The van der Waals surface area contributed by atoms with E-state index < -0.39 is 24.0 Å². The van der Waals surface area contributed by atoms with Crippen LogP contribution in [0.4, 0.5) is 10.5 Å². The minimum atomic E-state index is -0.931.